The molecule has 0 radical (unpaired) electrons. The van der Waals surface area contributed by atoms with E-state index >= 15 is 0 Å². The van der Waals surface area contributed by atoms with Crippen molar-refractivity contribution >= 4 is 37.2 Å². The molecule has 0 rings (SSSR count). The quantitative estimate of drug-likeness (QED) is 0.556. The van der Waals surface area contributed by atoms with E-state index in [-0.39, 0.29) is 12.8 Å². The second-order valence-electron chi connectivity index (χ2n) is 1.90. The fraction of sp³-hybridized carbons (Fsp3) is 0.750. The molecular formula is C4H7Cl2O4P. The Morgan fingerprint density at radius 2 is 2.00 bits per heavy atom. The van der Waals surface area contributed by atoms with Crippen molar-refractivity contribution in [3.05, 3.63) is 0 Å². The van der Waals surface area contributed by atoms with Gasteiger partial charge in [0.15, 0.2) is 4.07 Å². The zero-order valence-corrected chi connectivity index (χ0v) is 7.89. The van der Waals surface area contributed by atoms with Gasteiger partial charge < -0.3 is 10.00 Å². The Hall–Kier alpha value is 0.240. The number of aliphatic carboxylic acids is 1. The summed E-state index contributed by atoms with van der Waals surface area (Å²) in [7, 11) is -3.09. The van der Waals surface area contributed by atoms with E-state index in [1.807, 2.05) is 0 Å². The van der Waals surface area contributed by atoms with Crippen LogP contribution in [0.3, 0.4) is 0 Å². The number of alkyl halides is 2. The molecule has 0 fully saturated rings. The molecule has 0 aromatic rings. The van der Waals surface area contributed by atoms with Crippen LogP contribution in [-0.2, 0) is 9.36 Å². The Morgan fingerprint density at radius 3 is 2.27 bits per heavy atom. The lowest BCUT2D eigenvalue weighted by Gasteiger charge is -2.13. The smallest absolute Gasteiger partial charge is 0.303 e. The first kappa shape index (κ1) is 11.2. The zero-order chi connectivity index (χ0) is 9.07. The van der Waals surface area contributed by atoms with E-state index in [0.29, 0.717) is 0 Å². The van der Waals surface area contributed by atoms with E-state index in [4.69, 9.17) is 33.2 Å². The van der Waals surface area contributed by atoms with Gasteiger partial charge in [0, 0.05) is 6.42 Å². The molecule has 0 bridgehead atoms. The number of carbonyl (C=O) groups is 1. The summed E-state index contributed by atoms with van der Waals surface area (Å²) in [5.41, 5.74) is 0. The van der Waals surface area contributed by atoms with Crippen LogP contribution in [0.2, 0.25) is 0 Å². The number of rotatable bonds is 4. The molecule has 0 amide bonds. The Morgan fingerprint density at radius 1 is 1.55 bits per heavy atom. The molecule has 66 valence electrons. The molecule has 2 N–H and O–H groups in total. The number of halogens is 2. The fourth-order valence-electron chi connectivity index (χ4n) is 0.371. The normalized spacial score (nSPS) is 14.5. The third-order valence-corrected chi connectivity index (χ3v) is 3.19. The molecule has 0 aliphatic rings. The summed E-state index contributed by atoms with van der Waals surface area (Å²) in [6.45, 7) is 0. The van der Waals surface area contributed by atoms with Gasteiger partial charge in [0.2, 0.25) is 8.03 Å². The lowest BCUT2D eigenvalue weighted by atomic mass is 10.3. The van der Waals surface area contributed by atoms with Crippen molar-refractivity contribution in [3.8, 4) is 0 Å². The third-order valence-electron chi connectivity index (χ3n) is 0.966. The average Bonchev–Trinajstić information content (AvgIpc) is 1.84. The van der Waals surface area contributed by atoms with E-state index in [1.54, 1.807) is 0 Å². The summed E-state index contributed by atoms with van der Waals surface area (Å²) >= 11 is 10.6. The standard InChI is InChI=1S/C4H7Cl2O4P/c5-4(6,11(9)10)2-1-3(7)8/h11H,1-2H2,(H,7,8)(H,9,10). The first-order chi connectivity index (χ1) is 4.86. The maximum Gasteiger partial charge on any atom is 0.303 e. The highest BCUT2D eigenvalue weighted by Crippen LogP contribution is 2.46. The molecule has 0 saturated carbocycles. The van der Waals surface area contributed by atoms with E-state index in [2.05, 4.69) is 0 Å². The van der Waals surface area contributed by atoms with Gasteiger partial charge in [0.25, 0.3) is 0 Å². The lowest BCUT2D eigenvalue weighted by Crippen LogP contribution is -2.09. The van der Waals surface area contributed by atoms with Gasteiger partial charge >= 0.3 is 5.97 Å². The Bertz CT molecular complexity index is 181. The summed E-state index contributed by atoms with van der Waals surface area (Å²) in [6, 6.07) is 0. The molecule has 0 aromatic carbocycles. The summed E-state index contributed by atoms with van der Waals surface area (Å²) in [5.74, 6) is -1.10. The molecule has 1 atom stereocenters. The molecule has 0 aliphatic carbocycles. The lowest BCUT2D eigenvalue weighted by molar-refractivity contribution is -0.137. The van der Waals surface area contributed by atoms with Gasteiger partial charge in [-0.3, -0.25) is 9.36 Å². The zero-order valence-electron chi connectivity index (χ0n) is 5.38. The van der Waals surface area contributed by atoms with E-state index in [1.165, 1.54) is 0 Å². The van der Waals surface area contributed by atoms with Crippen molar-refractivity contribution in [3.63, 3.8) is 0 Å². The SMILES string of the molecule is O=C(O)CCC(Cl)(Cl)[PH](=O)O. The van der Waals surface area contributed by atoms with Crippen molar-refractivity contribution < 1.29 is 19.4 Å². The highest BCUT2D eigenvalue weighted by molar-refractivity contribution is 7.45. The molecule has 0 aromatic heterocycles. The second-order valence-corrected chi connectivity index (χ2v) is 5.49. The van der Waals surface area contributed by atoms with Gasteiger partial charge in [0.05, 0.1) is 0 Å². The van der Waals surface area contributed by atoms with Crippen LogP contribution in [0.5, 0.6) is 0 Å². The summed E-state index contributed by atoms with van der Waals surface area (Å²) in [4.78, 5) is 18.5. The molecule has 4 nitrogen and oxygen atoms in total. The maximum atomic E-state index is 10.4. The van der Waals surface area contributed by atoms with Crippen LogP contribution in [-0.4, -0.2) is 20.0 Å². The van der Waals surface area contributed by atoms with Crippen LogP contribution >= 0.6 is 31.2 Å². The average molecular weight is 221 g/mol. The van der Waals surface area contributed by atoms with E-state index < -0.39 is 18.1 Å². The molecule has 0 spiro atoms. The van der Waals surface area contributed by atoms with Crippen molar-refractivity contribution in [2.45, 2.75) is 16.9 Å². The van der Waals surface area contributed by atoms with E-state index in [9.17, 15) is 9.36 Å². The summed E-state index contributed by atoms with van der Waals surface area (Å²) in [5, 5.41) is 8.17. The van der Waals surface area contributed by atoms with Crippen molar-refractivity contribution in [1.29, 1.82) is 0 Å². The second kappa shape index (κ2) is 4.31. The van der Waals surface area contributed by atoms with Gasteiger partial charge in [-0.2, -0.15) is 0 Å². The van der Waals surface area contributed by atoms with Gasteiger partial charge in [-0.1, -0.05) is 23.2 Å². The molecule has 7 heteroatoms. The first-order valence-electron chi connectivity index (χ1n) is 2.69. The van der Waals surface area contributed by atoms with Crippen LogP contribution in [0.4, 0.5) is 0 Å². The molecular weight excluding hydrogens is 214 g/mol. The molecule has 1 unspecified atom stereocenters. The largest absolute Gasteiger partial charge is 0.481 e. The fourth-order valence-corrected chi connectivity index (χ4v) is 0.899. The molecule has 0 saturated heterocycles. The minimum atomic E-state index is -3.09. The van der Waals surface area contributed by atoms with Crippen LogP contribution in [0, 0.1) is 0 Å². The number of hydrogen-bond acceptors (Lipinski definition) is 2. The highest BCUT2D eigenvalue weighted by Gasteiger charge is 2.30. The minimum Gasteiger partial charge on any atom is -0.481 e. The number of carboxylic acids is 1. The first-order valence-corrected chi connectivity index (χ1v) is 4.80. The van der Waals surface area contributed by atoms with Crippen LogP contribution in [0.25, 0.3) is 0 Å². The molecule has 0 aliphatic heterocycles. The van der Waals surface area contributed by atoms with E-state index in [0.717, 1.165) is 0 Å². The Kier molecular flexibility index (Phi) is 4.41. The summed E-state index contributed by atoms with van der Waals surface area (Å²) in [6.07, 6.45) is -0.538. The summed E-state index contributed by atoms with van der Waals surface area (Å²) < 4.78 is 8.56. The van der Waals surface area contributed by atoms with Crippen molar-refractivity contribution in [2.75, 3.05) is 0 Å². The highest BCUT2D eigenvalue weighted by atomic mass is 35.5. The predicted octanol–water partition coefficient (Wildman–Crippen LogP) is 1.45. The third kappa shape index (κ3) is 4.64. The maximum absolute atomic E-state index is 10.4. The number of hydrogen-bond donors (Lipinski definition) is 2. The predicted molar refractivity (Wildman–Crippen MR) is 42.5 cm³/mol. The van der Waals surface area contributed by atoms with Crippen molar-refractivity contribution in [1.82, 2.24) is 0 Å². The number of carboxylic acid groups (broad SMARTS) is 1. The van der Waals surface area contributed by atoms with Gasteiger partial charge in [-0.15, -0.1) is 0 Å². The molecule has 0 heterocycles. The van der Waals surface area contributed by atoms with Crippen LogP contribution in [0.1, 0.15) is 12.8 Å². The Labute approximate surface area is 74.0 Å². The van der Waals surface area contributed by atoms with Gasteiger partial charge in [-0.25, -0.2) is 0 Å². The Balaban J connectivity index is 3.92. The minimum absolute atomic E-state index is 0.222. The molecule has 11 heavy (non-hydrogen) atoms. The van der Waals surface area contributed by atoms with Gasteiger partial charge in [0.1, 0.15) is 0 Å². The van der Waals surface area contributed by atoms with Crippen LogP contribution in [0.15, 0.2) is 0 Å². The van der Waals surface area contributed by atoms with Crippen molar-refractivity contribution in [2.24, 2.45) is 0 Å². The van der Waals surface area contributed by atoms with Crippen LogP contribution < -0.4 is 0 Å². The topological polar surface area (TPSA) is 74.6 Å². The van der Waals surface area contributed by atoms with Gasteiger partial charge in [-0.05, 0) is 6.42 Å². The monoisotopic (exact) mass is 220 g/mol.